The Kier molecular flexibility index (Phi) is 4.43. The van der Waals surface area contributed by atoms with Gasteiger partial charge < -0.3 is 4.74 Å². The zero-order valence-corrected chi connectivity index (χ0v) is 10.4. The topological polar surface area (TPSA) is 9.23 Å². The fraction of sp³-hybridized carbons (Fsp3) is 0.375. The maximum absolute atomic E-state index is 6.05. The lowest BCUT2D eigenvalue weighted by Crippen LogP contribution is -2.14. The third kappa shape index (κ3) is 3.48. The lowest BCUT2D eigenvalue weighted by atomic mass is 10.1. The maximum Gasteiger partial charge on any atom is 0.127 e. The summed E-state index contributed by atoms with van der Waals surface area (Å²) in [5.74, 6) is 0.995. The summed E-state index contributed by atoms with van der Waals surface area (Å²) in [7, 11) is 0. The van der Waals surface area contributed by atoms with Gasteiger partial charge in [0, 0.05) is 5.56 Å². The molecule has 0 aromatic heterocycles. The quantitative estimate of drug-likeness (QED) is 0.684. The summed E-state index contributed by atoms with van der Waals surface area (Å²) in [6.45, 7) is 2.23. The summed E-state index contributed by atoms with van der Waals surface area (Å²) >= 11 is 0. The second-order valence-electron chi connectivity index (χ2n) is 4.43. The molecular weight excluding hydrogens is 208 g/mol. The van der Waals surface area contributed by atoms with Gasteiger partial charge in [-0.2, -0.15) is 0 Å². The van der Waals surface area contributed by atoms with Crippen molar-refractivity contribution in [2.75, 3.05) is 0 Å². The molecular formula is C16H20O. The van der Waals surface area contributed by atoms with Crippen LogP contribution >= 0.6 is 0 Å². The van der Waals surface area contributed by atoms with Crippen molar-refractivity contribution in [2.24, 2.45) is 0 Å². The molecule has 2 rings (SSSR count). The predicted octanol–water partition coefficient (Wildman–Crippen LogP) is 4.60. The predicted molar refractivity (Wildman–Crippen MR) is 73.2 cm³/mol. The third-order valence-electron chi connectivity index (χ3n) is 3.00. The SMILES string of the molecule is CCCCCC1C=CC=Cc2ccccc2O1. The van der Waals surface area contributed by atoms with Gasteiger partial charge in [0.1, 0.15) is 11.9 Å². The number of para-hydroxylation sites is 1. The summed E-state index contributed by atoms with van der Waals surface area (Å²) < 4.78 is 6.05. The average Bonchev–Trinajstić information content (AvgIpc) is 2.32. The molecule has 17 heavy (non-hydrogen) atoms. The van der Waals surface area contributed by atoms with Gasteiger partial charge in [0.25, 0.3) is 0 Å². The number of unbranched alkanes of at least 4 members (excludes halogenated alkanes) is 2. The highest BCUT2D eigenvalue weighted by Crippen LogP contribution is 2.24. The number of hydrogen-bond donors (Lipinski definition) is 0. The molecule has 0 N–H and O–H groups in total. The Bertz CT molecular complexity index is 404. The third-order valence-corrected chi connectivity index (χ3v) is 3.00. The maximum atomic E-state index is 6.05. The lowest BCUT2D eigenvalue weighted by molar-refractivity contribution is 0.233. The van der Waals surface area contributed by atoms with Crippen LogP contribution in [-0.4, -0.2) is 6.10 Å². The van der Waals surface area contributed by atoms with Gasteiger partial charge in [0.05, 0.1) is 0 Å². The first-order chi connectivity index (χ1) is 8.40. The second-order valence-corrected chi connectivity index (χ2v) is 4.43. The van der Waals surface area contributed by atoms with Crippen LogP contribution in [0.3, 0.4) is 0 Å². The molecule has 90 valence electrons. The van der Waals surface area contributed by atoms with Crippen molar-refractivity contribution in [1.82, 2.24) is 0 Å². The molecule has 1 nitrogen and oxygen atoms in total. The highest BCUT2D eigenvalue weighted by Gasteiger charge is 2.09. The first kappa shape index (κ1) is 12.0. The van der Waals surface area contributed by atoms with Crippen LogP contribution in [0.4, 0.5) is 0 Å². The Hall–Kier alpha value is -1.50. The summed E-state index contributed by atoms with van der Waals surface area (Å²) in [5.41, 5.74) is 1.16. The first-order valence-corrected chi connectivity index (χ1v) is 6.50. The van der Waals surface area contributed by atoms with Crippen LogP contribution in [0, 0.1) is 0 Å². The van der Waals surface area contributed by atoms with Gasteiger partial charge in [-0.1, -0.05) is 56.2 Å². The number of benzene rings is 1. The van der Waals surface area contributed by atoms with Crippen molar-refractivity contribution < 1.29 is 4.74 Å². The van der Waals surface area contributed by atoms with Gasteiger partial charge in [-0.15, -0.1) is 0 Å². The molecule has 0 radical (unpaired) electrons. The van der Waals surface area contributed by atoms with E-state index in [2.05, 4.69) is 37.3 Å². The molecule has 1 heteroatoms. The molecule has 0 saturated carbocycles. The minimum atomic E-state index is 0.215. The molecule has 1 heterocycles. The molecule has 1 unspecified atom stereocenters. The van der Waals surface area contributed by atoms with E-state index in [0.29, 0.717) is 0 Å². The summed E-state index contributed by atoms with van der Waals surface area (Å²) in [4.78, 5) is 0. The lowest BCUT2D eigenvalue weighted by Gasteiger charge is -2.18. The molecule has 1 aliphatic rings. The molecule has 1 aromatic rings. The van der Waals surface area contributed by atoms with Crippen LogP contribution in [0.25, 0.3) is 6.08 Å². The molecule has 1 aromatic carbocycles. The summed E-state index contributed by atoms with van der Waals surface area (Å²) in [5, 5.41) is 0. The Labute approximate surface area is 104 Å². The highest BCUT2D eigenvalue weighted by atomic mass is 16.5. The van der Waals surface area contributed by atoms with E-state index in [9.17, 15) is 0 Å². The molecule has 0 bridgehead atoms. The van der Waals surface area contributed by atoms with Crippen LogP contribution < -0.4 is 4.74 Å². The largest absolute Gasteiger partial charge is 0.486 e. The van der Waals surface area contributed by atoms with E-state index in [4.69, 9.17) is 4.74 Å². The van der Waals surface area contributed by atoms with Gasteiger partial charge in [0.2, 0.25) is 0 Å². The monoisotopic (exact) mass is 228 g/mol. The summed E-state index contributed by atoms with van der Waals surface area (Å²) in [6.07, 6.45) is 13.5. The average molecular weight is 228 g/mol. The van der Waals surface area contributed by atoms with E-state index in [0.717, 1.165) is 17.7 Å². The Morgan fingerprint density at radius 3 is 2.88 bits per heavy atom. The van der Waals surface area contributed by atoms with Crippen LogP contribution in [0.5, 0.6) is 5.75 Å². The Morgan fingerprint density at radius 1 is 1.12 bits per heavy atom. The number of fused-ring (bicyclic) bond motifs is 1. The first-order valence-electron chi connectivity index (χ1n) is 6.50. The van der Waals surface area contributed by atoms with Crippen LogP contribution in [0.15, 0.2) is 42.5 Å². The molecule has 0 spiro atoms. The Balaban J connectivity index is 2.07. The van der Waals surface area contributed by atoms with Crippen LogP contribution in [0.1, 0.15) is 38.2 Å². The van der Waals surface area contributed by atoms with E-state index in [1.54, 1.807) is 0 Å². The molecule has 0 aliphatic carbocycles. The van der Waals surface area contributed by atoms with Crippen molar-refractivity contribution in [3.63, 3.8) is 0 Å². The van der Waals surface area contributed by atoms with Crippen molar-refractivity contribution in [2.45, 2.75) is 38.7 Å². The van der Waals surface area contributed by atoms with Gasteiger partial charge in [0.15, 0.2) is 0 Å². The van der Waals surface area contributed by atoms with Gasteiger partial charge >= 0.3 is 0 Å². The van der Waals surface area contributed by atoms with Crippen LogP contribution in [-0.2, 0) is 0 Å². The Morgan fingerprint density at radius 2 is 2.00 bits per heavy atom. The molecule has 1 atom stereocenters. The van der Waals surface area contributed by atoms with E-state index in [1.165, 1.54) is 19.3 Å². The molecule has 0 saturated heterocycles. The zero-order valence-electron chi connectivity index (χ0n) is 10.4. The fourth-order valence-electron chi connectivity index (χ4n) is 2.03. The molecule has 0 amide bonds. The van der Waals surface area contributed by atoms with Crippen molar-refractivity contribution in [1.29, 1.82) is 0 Å². The van der Waals surface area contributed by atoms with Crippen molar-refractivity contribution in [3.05, 3.63) is 48.1 Å². The molecule has 1 aliphatic heterocycles. The summed E-state index contributed by atoms with van der Waals surface area (Å²) in [6, 6.07) is 8.21. The standard InChI is InChI=1S/C16H20O/c1-2-3-4-11-15-12-7-5-9-14-10-6-8-13-16(14)17-15/h5-10,12-13,15H,2-4,11H2,1H3. The molecule has 0 fully saturated rings. The highest BCUT2D eigenvalue weighted by molar-refractivity contribution is 5.59. The number of allylic oxidation sites excluding steroid dienone is 2. The van der Waals surface area contributed by atoms with E-state index < -0.39 is 0 Å². The van der Waals surface area contributed by atoms with Gasteiger partial charge in [-0.25, -0.2) is 0 Å². The van der Waals surface area contributed by atoms with Gasteiger partial charge in [-0.05, 0) is 25.0 Å². The second kappa shape index (κ2) is 6.29. The van der Waals surface area contributed by atoms with E-state index in [1.807, 2.05) is 18.2 Å². The number of rotatable bonds is 4. The van der Waals surface area contributed by atoms with E-state index >= 15 is 0 Å². The fourth-order valence-corrected chi connectivity index (χ4v) is 2.03. The van der Waals surface area contributed by atoms with Crippen molar-refractivity contribution in [3.8, 4) is 5.75 Å². The van der Waals surface area contributed by atoms with Crippen molar-refractivity contribution >= 4 is 6.08 Å². The number of ether oxygens (including phenoxy) is 1. The smallest absolute Gasteiger partial charge is 0.127 e. The minimum absolute atomic E-state index is 0.215. The van der Waals surface area contributed by atoms with Gasteiger partial charge in [-0.3, -0.25) is 0 Å². The van der Waals surface area contributed by atoms with E-state index in [-0.39, 0.29) is 6.10 Å². The minimum Gasteiger partial charge on any atom is -0.486 e. The van der Waals surface area contributed by atoms with Crippen LogP contribution in [0.2, 0.25) is 0 Å². The normalized spacial score (nSPS) is 18.1. The zero-order chi connectivity index (χ0) is 11.9. The number of hydrogen-bond acceptors (Lipinski definition) is 1.